The van der Waals surface area contributed by atoms with Crippen molar-refractivity contribution in [1.29, 1.82) is 0 Å². The summed E-state index contributed by atoms with van der Waals surface area (Å²) in [6.45, 7) is 0.0559. The molecule has 0 bridgehead atoms. The van der Waals surface area contributed by atoms with E-state index in [9.17, 15) is 26.4 Å². The minimum absolute atomic E-state index is 0.119. The number of carbonyl (C=O) groups is 1. The van der Waals surface area contributed by atoms with Crippen LogP contribution in [0.2, 0.25) is 15.1 Å². The van der Waals surface area contributed by atoms with E-state index in [-0.39, 0.29) is 28.9 Å². The number of anilines is 1. The number of rotatable bonds is 5. The maximum Gasteiger partial charge on any atom is 0.418 e. The summed E-state index contributed by atoms with van der Waals surface area (Å²) in [4.78, 5) is 12.7. The van der Waals surface area contributed by atoms with E-state index in [0.29, 0.717) is 23.4 Å². The van der Waals surface area contributed by atoms with Crippen LogP contribution in [0.25, 0.3) is 0 Å². The largest absolute Gasteiger partial charge is 0.418 e. The standard InChI is InChI=1S/C20H18Cl3F3N2O3S/c21-14-5-6-18(16(8-14)20(24,25)26)27-19(29)12-2-1-7-28(10-12)32(30,31)11-13-3-4-15(22)9-17(13)23/h3-6,8-9,12H,1-2,7,10-11H2,(H,27,29). The Kier molecular flexibility index (Phi) is 7.66. The van der Waals surface area contributed by atoms with Gasteiger partial charge in [0.25, 0.3) is 0 Å². The van der Waals surface area contributed by atoms with Crippen LogP contribution in [0.5, 0.6) is 0 Å². The molecule has 3 rings (SSSR count). The molecule has 0 spiro atoms. The molecule has 5 nitrogen and oxygen atoms in total. The lowest BCUT2D eigenvalue weighted by molar-refractivity contribution is -0.137. The molecule has 1 unspecified atom stereocenters. The van der Waals surface area contributed by atoms with Crippen LogP contribution in [-0.2, 0) is 26.7 Å². The smallest absolute Gasteiger partial charge is 0.325 e. The van der Waals surface area contributed by atoms with Crippen molar-refractivity contribution in [3.8, 4) is 0 Å². The number of sulfonamides is 1. The Morgan fingerprint density at radius 2 is 1.75 bits per heavy atom. The second-order valence-corrected chi connectivity index (χ2v) is 10.6. The van der Waals surface area contributed by atoms with Crippen LogP contribution in [0.4, 0.5) is 18.9 Å². The van der Waals surface area contributed by atoms with Gasteiger partial charge in [-0.3, -0.25) is 4.79 Å². The van der Waals surface area contributed by atoms with E-state index in [1.807, 2.05) is 0 Å². The van der Waals surface area contributed by atoms with Gasteiger partial charge in [0, 0.05) is 28.2 Å². The van der Waals surface area contributed by atoms with Crippen LogP contribution in [0, 0.1) is 5.92 Å². The van der Waals surface area contributed by atoms with Crippen molar-refractivity contribution in [2.45, 2.75) is 24.8 Å². The van der Waals surface area contributed by atoms with Gasteiger partial charge in [-0.05, 0) is 48.7 Å². The van der Waals surface area contributed by atoms with Gasteiger partial charge in [0.05, 0.1) is 22.9 Å². The summed E-state index contributed by atoms with van der Waals surface area (Å²) in [5.74, 6) is -1.88. The molecular weight excluding hydrogens is 512 g/mol. The average molecular weight is 530 g/mol. The second kappa shape index (κ2) is 9.77. The highest BCUT2D eigenvalue weighted by atomic mass is 35.5. The fourth-order valence-electron chi connectivity index (χ4n) is 3.43. The van der Waals surface area contributed by atoms with Crippen molar-refractivity contribution >= 4 is 56.4 Å². The molecule has 1 fully saturated rings. The highest BCUT2D eigenvalue weighted by molar-refractivity contribution is 7.88. The van der Waals surface area contributed by atoms with Crippen molar-refractivity contribution in [2.24, 2.45) is 5.92 Å². The molecular formula is C20H18Cl3F3N2O3S. The Bertz CT molecular complexity index is 1130. The number of hydrogen-bond donors (Lipinski definition) is 1. The SMILES string of the molecule is O=C(Nc1ccc(Cl)cc1C(F)(F)F)C1CCCN(S(=O)(=O)Cc2ccc(Cl)cc2Cl)C1. The lowest BCUT2D eigenvalue weighted by Crippen LogP contribution is -2.44. The van der Waals surface area contributed by atoms with Crippen LogP contribution in [0.1, 0.15) is 24.0 Å². The third-order valence-electron chi connectivity index (χ3n) is 5.05. The van der Waals surface area contributed by atoms with Crippen LogP contribution >= 0.6 is 34.8 Å². The second-order valence-electron chi connectivity index (χ2n) is 7.37. The number of nitrogens with one attached hydrogen (secondary N) is 1. The molecule has 12 heteroatoms. The molecule has 1 aliphatic rings. The van der Waals surface area contributed by atoms with Crippen LogP contribution in [0.3, 0.4) is 0 Å². The van der Waals surface area contributed by atoms with Gasteiger partial charge in [-0.2, -0.15) is 13.2 Å². The summed E-state index contributed by atoms with van der Waals surface area (Å²) in [5, 5.41) is 2.73. The summed E-state index contributed by atoms with van der Waals surface area (Å²) < 4.78 is 66.8. The molecule has 1 saturated heterocycles. The molecule has 0 saturated carbocycles. The normalized spacial score (nSPS) is 17.9. The summed E-state index contributed by atoms with van der Waals surface area (Å²) in [5.41, 5.74) is -1.14. The fourth-order valence-corrected chi connectivity index (χ4v) is 5.80. The van der Waals surface area contributed by atoms with Gasteiger partial charge >= 0.3 is 6.18 Å². The number of piperidine rings is 1. The van der Waals surface area contributed by atoms with Crippen LogP contribution in [-0.4, -0.2) is 31.7 Å². The molecule has 2 aromatic carbocycles. The fraction of sp³-hybridized carbons (Fsp3) is 0.350. The van der Waals surface area contributed by atoms with Crippen molar-refractivity contribution in [2.75, 3.05) is 18.4 Å². The summed E-state index contributed by atoms with van der Waals surface area (Å²) in [6, 6.07) is 7.50. The topological polar surface area (TPSA) is 66.5 Å². The van der Waals surface area contributed by atoms with Crippen LogP contribution < -0.4 is 5.32 Å². The molecule has 1 aliphatic heterocycles. The Balaban J connectivity index is 1.74. The lowest BCUT2D eigenvalue weighted by atomic mass is 9.98. The average Bonchev–Trinajstić information content (AvgIpc) is 2.70. The highest BCUT2D eigenvalue weighted by Gasteiger charge is 2.36. The Labute approximate surface area is 198 Å². The molecule has 174 valence electrons. The number of benzene rings is 2. The third kappa shape index (κ3) is 6.08. The zero-order valence-corrected chi connectivity index (χ0v) is 19.5. The van der Waals surface area contributed by atoms with E-state index in [0.717, 1.165) is 16.4 Å². The molecule has 1 amide bonds. The monoisotopic (exact) mass is 528 g/mol. The number of halogens is 6. The van der Waals surface area contributed by atoms with E-state index in [1.165, 1.54) is 24.3 Å². The van der Waals surface area contributed by atoms with E-state index in [2.05, 4.69) is 5.32 Å². The van der Waals surface area contributed by atoms with E-state index in [1.54, 1.807) is 0 Å². The van der Waals surface area contributed by atoms with Gasteiger partial charge in [0.15, 0.2) is 0 Å². The first kappa shape index (κ1) is 25.1. The predicted octanol–water partition coefficient (Wildman–Crippen LogP) is 5.85. The van der Waals surface area contributed by atoms with Crippen molar-refractivity contribution in [3.63, 3.8) is 0 Å². The third-order valence-corrected chi connectivity index (χ3v) is 7.66. The van der Waals surface area contributed by atoms with Crippen molar-refractivity contribution < 1.29 is 26.4 Å². The summed E-state index contributed by atoms with van der Waals surface area (Å²) >= 11 is 17.6. The zero-order chi connectivity index (χ0) is 23.7. The first-order valence-corrected chi connectivity index (χ1v) is 12.2. The number of alkyl halides is 3. The van der Waals surface area contributed by atoms with Gasteiger partial charge < -0.3 is 5.32 Å². The molecule has 32 heavy (non-hydrogen) atoms. The number of amides is 1. The Hall–Kier alpha value is -1.52. The maximum absolute atomic E-state index is 13.3. The molecule has 0 radical (unpaired) electrons. The minimum Gasteiger partial charge on any atom is -0.325 e. The maximum atomic E-state index is 13.3. The van der Waals surface area contributed by atoms with Gasteiger partial charge in [-0.15, -0.1) is 0 Å². The number of hydrogen-bond acceptors (Lipinski definition) is 3. The van der Waals surface area contributed by atoms with Crippen molar-refractivity contribution in [3.05, 3.63) is 62.6 Å². The van der Waals surface area contributed by atoms with E-state index in [4.69, 9.17) is 34.8 Å². The molecule has 1 N–H and O–H groups in total. The molecule has 0 aromatic heterocycles. The minimum atomic E-state index is -4.71. The first-order valence-electron chi connectivity index (χ1n) is 9.46. The van der Waals surface area contributed by atoms with E-state index < -0.39 is 39.3 Å². The molecule has 0 aliphatic carbocycles. The van der Waals surface area contributed by atoms with Gasteiger partial charge in [0.2, 0.25) is 15.9 Å². The quantitative estimate of drug-likeness (QED) is 0.529. The van der Waals surface area contributed by atoms with Gasteiger partial charge in [0.1, 0.15) is 0 Å². The van der Waals surface area contributed by atoms with Gasteiger partial charge in [-0.25, -0.2) is 12.7 Å². The molecule has 2 aromatic rings. The van der Waals surface area contributed by atoms with Crippen molar-refractivity contribution in [1.82, 2.24) is 4.31 Å². The molecule has 1 heterocycles. The Morgan fingerprint density at radius 3 is 2.41 bits per heavy atom. The zero-order valence-electron chi connectivity index (χ0n) is 16.4. The van der Waals surface area contributed by atoms with E-state index >= 15 is 0 Å². The molecule has 1 atom stereocenters. The summed E-state index contributed by atoms with van der Waals surface area (Å²) in [6.07, 6.45) is -3.99. The lowest BCUT2D eigenvalue weighted by Gasteiger charge is -2.31. The Morgan fingerprint density at radius 1 is 1.09 bits per heavy atom. The number of nitrogens with zero attached hydrogens (tertiary/aromatic N) is 1. The first-order chi connectivity index (χ1) is 14.9. The van der Waals surface area contributed by atoms with Crippen LogP contribution in [0.15, 0.2) is 36.4 Å². The number of carbonyl (C=O) groups excluding carboxylic acids is 1. The summed E-state index contributed by atoms with van der Waals surface area (Å²) in [7, 11) is -3.82. The van der Waals surface area contributed by atoms with Gasteiger partial charge in [-0.1, -0.05) is 40.9 Å². The predicted molar refractivity (Wildman–Crippen MR) is 118 cm³/mol. The highest BCUT2D eigenvalue weighted by Crippen LogP contribution is 2.37.